The van der Waals surface area contributed by atoms with Crippen molar-refractivity contribution in [2.24, 2.45) is 0 Å². The molecule has 1 aliphatic heterocycles. The van der Waals surface area contributed by atoms with E-state index >= 15 is 0 Å². The number of carbonyl (C=O) groups excluding carboxylic acids is 1. The Hall–Kier alpha value is -4.18. The van der Waals surface area contributed by atoms with Gasteiger partial charge in [-0.3, -0.25) is 4.79 Å². The molecular formula is C27H16O4. The lowest BCUT2D eigenvalue weighted by atomic mass is 9.80. The number of benzene rings is 4. The van der Waals surface area contributed by atoms with Crippen LogP contribution in [0.2, 0.25) is 0 Å². The van der Waals surface area contributed by atoms with Gasteiger partial charge in [0.05, 0.1) is 10.9 Å². The van der Waals surface area contributed by atoms with Crippen molar-refractivity contribution >= 4 is 28.0 Å². The van der Waals surface area contributed by atoms with Crippen LogP contribution in [0.3, 0.4) is 0 Å². The molecule has 1 unspecified atom stereocenters. The third kappa shape index (κ3) is 2.62. The standard InChI is InChI=1S/C27H16O4/c28-15-16-9-11-18(12-10-16)23-24-19-6-2-1-5-17(19)13-14-22(24)30-26-20-7-3-4-8-21(20)31-27(29)25(23)26/h1-15,23H. The summed E-state index contributed by atoms with van der Waals surface area (Å²) in [7, 11) is 0. The molecule has 148 valence electrons. The van der Waals surface area contributed by atoms with E-state index in [-0.39, 0.29) is 5.92 Å². The molecule has 6 rings (SSSR count). The molecular weight excluding hydrogens is 388 g/mol. The van der Waals surface area contributed by atoms with Crippen LogP contribution < -0.4 is 10.4 Å². The fourth-order valence-corrected chi connectivity index (χ4v) is 4.51. The molecule has 4 nitrogen and oxygen atoms in total. The second kappa shape index (κ2) is 6.67. The van der Waals surface area contributed by atoms with Gasteiger partial charge in [0.1, 0.15) is 23.4 Å². The van der Waals surface area contributed by atoms with Gasteiger partial charge in [-0.1, -0.05) is 66.7 Å². The van der Waals surface area contributed by atoms with Crippen LogP contribution in [0, 0.1) is 0 Å². The maximum atomic E-state index is 13.2. The smallest absolute Gasteiger partial charge is 0.344 e. The molecule has 0 N–H and O–H groups in total. The third-order valence-electron chi connectivity index (χ3n) is 5.92. The Labute approximate surface area is 177 Å². The van der Waals surface area contributed by atoms with Gasteiger partial charge < -0.3 is 9.15 Å². The van der Waals surface area contributed by atoms with Crippen molar-refractivity contribution in [2.75, 3.05) is 0 Å². The average molecular weight is 404 g/mol. The number of rotatable bonds is 2. The van der Waals surface area contributed by atoms with Gasteiger partial charge in [0.15, 0.2) is 0 Å². The number of fused-ring (bicyclic) bond motifs is 6. The van der Waals surface area contributed by atoms with E-state index in [1.54, 1.807) is 18.2 Å². The largest absolute Gasteiger partial charge is 0.456 e. The first-order chi connectivity index (χ1) is 15.2. The van der Waals surface area contributed by atoms with Crippen molar-refractivity contribution in [1.29, 1.82) is 0 Å². The monoisotopic (exact) mass is 404 g/mol. The third-order valence-corrected chi connectivity index (χ3v) is 5.92. The van der Waals surface area contributed by atoms with Crippen molar-refractivity contribution in [2.45, 2.75) is 5.92 Å². The molecule has 1 atom stereocenters. The molecule has 0 amide bonds. The van der Waals surface area contributed by atoms with E-state index in [4.69, 9.17) is 9.15 Å². The Morgan fingerprint density at radius 2 is 1.48 bits per heavy atom. The highest BCUT2D eigenvalue weighted by Crippen LogP contribution is 2.50. The van der Waals surface area contributed by atoms with E-state index in [0.29, 0.717) is 28.2 Å². The molecule has 1 aliphatic rings. The van der Waals surface area contributed by atoms with Crippen LogP contribution in [0.4, 0.5) is 0 Å². The average Bonchev–Trinajstić information content (AvgIpc) is 2.83. The van der Waals surface area contributed by atoms with Crippen molar-refractivity contribution in [3.05, 3.63) is 118 Å². The highest BCUT2D eigenvalue weighted by molar-refractivity contribution is 5.93. The van der Waals surface area contributed by atoms with Gasteiger partial charge in [0, 0.05) is 17.0 Å². The van der Waals surface area contributed by atoms with Gasteiger partial charge in [-0.15, -0.1) is 0 Å². The maximum Gasteiger partial charge on any atom is 0.344 e. The molecule has 4 heteroatoms. The van der Waals surface area contributed by atoms with Crippen molar-refractivity contribution in [3.63, 3.8) is 0 Å². The molecule has 0 saturated heterocycles. The van der Waals surface area contributed by atoms with Gasteiger partial charge in [-0.25, -0.2) is 4.79 Å². The number of hydrogen-bond acceptors (Lipinski definition) is 4. The normalized spacial score (nSPS) is 14.6. The summed E-state index contributed by atoms with van der Waals surface area (Å²) in [5, 5.41) is 2.83. The summed E-state index contributed by atoms with van der Waals surface area (Å²) in [5.41, 5.74) is 2.95. The van der Waals surface area contributed by atoms with E-state index in [0.717, 1.165) is 33.6 Å². The molecule has 0 saturated carbocycles. The van der Waals surface area contributed by atoms with E-state index < -0.39 is 5.63 Å². The summed E-state index contributed by atoms with van der Waals surface area (Å²) >= 11 is 0. The van der Waals surface area contributed by atoms with Crippen LogP contribution >= 0.6 is 0 Å². The summed E-state index contributed by atoms with van der Waals surface area (Å²) in [4.78, 5) is 24.4. The zero-order valence-corrected chi connectivity index (χ0v) is 16.4. The highest BCUT2D eigenvalue weighted by atomic mass is 16.5. The lowest BCUT2D eigenvalue weighted by molar-refractivity contribution is 0.112. The summed E-state index contributed by atoms with van der Waals surface area (Å²) in [6.45, 7) is 0. The summed E-state index contributed by atoms with van der Waals surface area (Å²) in [6.07, 6.45) is 0.812. The number of ether oxygens (including phenoxy) is 1. The lowest BCUT2D eigenvalue weighted by Gasteiger charge is -2.29. The zero-order chi connectivity index (χ0) is 20.9. The fourth-order valence-electron chi connectivity index (χ4n) is 4.51. The predicted octanol–water partition coefficient (Wildman–Crippen LogP) is 6.04. The lowest BCUT2D eigenvalue weighted by Crippen LogP contribution is -2.21. The van der Waals surface area contributed by atoms with Crippen LogP contribution in [0.1, 0.15) is 33.0 Å². The second-order valence-corrected chi connectivity index (χ2v) is 7.65. The number of aldehydes is 1. The van der Waals surface area contributed by atoms with Crippen LogP contribution in [0.5, 0.6) is 11.5 Å². The SMILES string of the molecule is O=Cc1ccc(C2c3c(c4ccccc4oc3=O)Oc3ccc4ccccc4c32)cc1. The molecule has 0 fully saturated rings. The predicted molar refractivity (Wildman–Crippen MR) is 119 cm³/mol. The Balaban J connectivity index is 1.74. The molecule has 31 heavy (non-hydrogen) atoms. The number of carbonyl (C=O) groups is 1. The minimum atomic E-state index is -0.420. The Bertz CT molecular complexity index is 1540. The van der Waals surface area contributed by atoms with Crippen molar-refractivity contribution in [1.82, 2.24) is 0 Å². The Morgan fingerprint density at radius 3 is 2.29 bits per heavy atom. The summed E-state index contributed by atoms with van der Waals surface area (Å²) < 4.78 is 12.1. The minimum absolute atomic E-state index is 0.383. The van der Waals surface area contributed by atoms with Gasteiger partial charge in [0.2, 0.25) is 0 Å². The van der Waals surface area contributed by atoms with Crippen molar-refractivity contribution < 1.29 is 13.9 Å². The molecule has 0 spiro atoms. The van der Waals surface area contributed by atoms with Gasteiger partial charge in [-0.05, 0) is 34.5 Å². The summed E-state index contributed by atoms with van der Waals surface area (Å²) in [5.74, 6) is 0.858. The van der Waals surface area contributed by atoms with Crippen LogP contribution in [0.25, 0.3) is 21.7 Å². The Morgan fingerprint density at radius 1 is 0.742 bits per heavy atom. The summed E-state index contributed by atoms with van der Waals surface area (Å²) in [6, 6.07) is 26.8. The minimum Gasteiger partial charge on any atom is -0.456 e. The molecule has 1 aromatic heterocycles. The second-order valence-electron chi connectivity index (χ2n) is 7.65. The first kappa shape index (κ1) is 17.7. The molecule has 2 heterocycles. The molecule has 0 aliphatic carbocycles. The first-order valence-corrected chi connectivity index (χ1v) is 10.0. The van der Waals surface area contributed by atoms with Gasteiger partial charge >= 0.3 is 5.63 Å². The van der Waals surface area contributed by atoms with Crippen LogP contribution in [-0.4, -0.2) is 6.29 Å². The topological polar surface area (TPSA) is 56.5 Å². The Kier molecular flexibility index (Phi) is 3.80. The van der Waals surface area contributed by atoms with Crippen molar-refractivity contribution in [3.8, 4) is 11.5 Å². The molecule has 5 aromatic rings. The van der Waals surface area contributed by atoms with E-state index in [1.807, 2.05) is 66.7 Å². The zero-order valence-electron chi connectivity index (χ0n) is 16.4. The number of para-hydroxylation sites is 1. The van der Waals surface area contributed by atoms with Crippen LogP contribution in [-0.2, 0) is 0 Å². The first-order valence-electron chi connectivity index (χ1n) is 10.0. The molecule has 0 bridgehead atoms. The highest BCUT2D eigenvalue weighted by Gasteiger charge is 2.35. The fraction of sp³-hybridized carbons (Fsp3) is 0.0370. The quantitative estimate of drug-likeness (QED) is 0.261. The van der Waals surface area contributed by atoms with E-state index in [9.17, 15) is 9.59 Å². The molecule has 4 aromatic carbocycles. The van der Waals surface area contributed by atoms with E-state index in [1.165, 1.54) is 0 Å². The van der Waals surface area contributed by atoms with Crippen LogP contribution in [0.15, 0.2) is 94.1 Å². The maximum absolute atomic E-state index is 13.2. The molecule has 0 radical (unpaired) electrons. The van der Waals surface area contributed by atoms with Gasteiger partial charge in [-0.2, -0.15) is 0 Å². The van der Waals surface area contributed by atoms with Gasteiger partial charge in [0.25, 0.3) is 0 Å². The van der Waals surface area contributed by atoms with E-state index in [2.05, 4.69) is 0 Å². The number of hydrogen-bond donors (Lipinski definition) is 0.